The number of quaternary nitrogens is 1. The van der Waals surface area contributed by atoms with Crippen LogP contribution in [0.3, 0.4) is 0 Å². The van der Waals surface area contributed by atoms with Crippen LogP contribution < -0.4 is 5.11 Å². The fourth-order valence-electron chi connectivity index (χ4n) is 7.33. The zero-order chi connectivity index (χ0) is 44.2. The Morgan fingerprint density at radius 1 is 0.500 bits per heavy atom. The van der Waals surface area contributed by atoms with Crippen LogP contribution in [0.4, 0.5) is 0 Å². The summed E-state index contributed by atoms with van der Waals surface area (Å²) < 4.78 is 17.2. The van der Waals surface area contributed by atoms with E-state index >= 15 is 0 Å². The molecule has 0 N–H and O–H groups in total. The minimum atomic E-state index is -1.13. The Kier molecular flexibility index (Phi) is 41.4. The number of hydrogen-bond donors (Lipinski definition) is 0. The molecule has 0 aliphatic rings. The average Bonchev–Trinajstić information content (AvgIpc) is 3.21. The Bertz CT molecular complexity index is 1080. The maximum absolute atomic E-state index is 12.8. The number of esters is 2. The molecule has 0 aromatic carbocycles. The third-order valence-electron chi connectivity index (χ3n) is 11.2. The lowest BCUT2D eigenvalue weighted by Crippen LogP contribution is -2.55. The molecule has 0 radical (unpaired) electrons. The lowest BCUT2D eigenvalue weighted by atomic mass is 10.0. The van der Waals surface area contributed by atoms with Gasteiger partial charge in [-0.25, -0.2) is 0 Å². The second-order valence-electron chi connectivity index (χ2n) is 18.0. The number of likely N-dealkylation sites (N-methyl/N-ethyl adjacent to an activating group) is 1. The predicted octanol–water partition coefficient (Wildman–Crippen LogP) is 12.9. The molecule has 0 spiro atoms. The minimum absolute atomic E-state index is 0.0391. The summed E-state index contributed by atoms with van der Waals surface area (Å²) in [5, 5.41) is 11.6. The second kappa shape index (κ2) is 43.2. The average molecular weight is 846 g/mol. The lowest BCUT2D eigenvalue weighted by molar-refractivity contribution is -0.889. The van der Waals surface area contributed by atoms with Crippen molar-refractivity contribution in [1.82, 2.24) is 0 Å². The van der Waals surface area contributed by atoms with Gasteiger partial charge in [-0.15, -0.1) is 0 Å². The maximum Gasteiger partial charge on any atom is 0.306 e. The predicted molar refractivity (Wildman–Crippen MR) is 250 cm³/mol. The Morgan fingerprint density at radius 3 is 1.32 bits per heavy atom. The smallest absolute Gasteiger partial charge is 0.306 e. The van der Waals surface area contributed by atoms with E-state index in [1.807, 2.05) is 0 Å². The van der Waals surface area contributed by atoms with Gasteiger partial charge < -0.3 is 28.6 Å². The molecular weight excluding hydrogens is 751 g/mol. The van der Waals surface area contributed by atoms with E-state index in [9.17, 15) is 19.5 Å². The van der Waals surface area contributed by atoms with Crippen molar-refractivity contribution in [1.29, 1.82) is 0 Å². The summed E-state index contributed by atoms with van der Waals surface area (Å²) in [6.07, 6.45) is 50.3. The van der Waals surface area contributed by atoms with Gasteiger partial charge in [-0.1, -0.05) is 172 Å². The molecular formula is C52H95NO7. The molecule has 0 aromatic rings. The fourth-order valence-corrected chi connectivity index (χ4v) is 7.33. The molecule has 0 amide bonds. The summed E-state index contributed by atoms with van der Waals surface area (Å²) in [7, 11) is 5.41. The first-order valence-corrected chi connectivity index (χ1v) is 25.0. The first-order valence-electron chi connectivity index (χ1n) is 25.0. The van der Waals surface area contributed by atoms with Gasteiger partial charge in [0, 0.05) is 19.3 Å². The van der Waals surface area contributed by atoms with Crippen LogP contribution >= 0.6 is 0 Å². The van der Waals surface area contributed by atoms with E-state index in [-0.39, 0.29) is 42.7 Å². The van der Waals surface area contributed by atoms with Gasteiger partial charge in [-0.05, 0) is 70.6 Å². The van der Waals surface area contributed by atoms with Crippen LogP contribution in [0.15, 0.2) is 36.5 Å². The first-order chi connectivity index (χ1) is 29.1. The minimum Gasteiger partial charge on any atom is -0.544 e. The highest BCUT2D eigenvalue weighted by Crippen LogP contribution is 2.15. The number of carbonyl (C=O) groups is 3. The molecule has 2 unspecified atom stereocenters. The van der Waals surface area contributed by atoms with E-state index in [1.54, 1.807) is 21.1 Å². The van der Waals surface area contributed by atoms with Gasteiger partial charge in [0.1, 0.15) is 12.6 Å². The number of nitrogens with zero attached hydrogens (tertiary/aromatic N) is 1. The highest BCUT2D eigenvalue weighted by molar-refractivity contribution is 5.70. The molecule has 0 aromatic heterocycles. The van der Waals surface area contributed by atoms with Crippen molar-refractivity contribution in [2.45, 2.75) is 238 Å². The highest BCUT2D eigenvalue weighted by atomic mass is 16.6. The second-order valence-corrected chi connectivity index (χ2v) is 18.0. The number of carbonyl (C=O) groups excluding carboxylic acids is 3. The summed E-state index contributed by atoms with van der Waals surface area (Å²) in [4.78, 5) is 36.9. The number of ether oxygens (including phenoxy) is 3. The summed E-state index contributed by atoms with van der Waals surface area (Å²) in [6.45, 7) is 4.64. The molecule has 0 fully saturated rings. The van der Waals surface area contributed by atoms with Crippen LogP contribution in [0.2, 0.25) is 0 Å². The summed E-state index contributed by atoms with van der Waals surface area (Å²) in [6, 6.07) is -0.726. The maximum atomic E-state index is 12.8. The third-order valence-corrected chi connectivity index (χ3v) is 11.2. The van der Waals surface area contributed by atoms with Crippen LogP contribution in [0.1, 0.15) is 226 Å². The van der Waals surface area contributed by atoms with Gasteiger partial charge in [0.25, 0.3) is 0 Å². The van der Waals surface area contributed by atoms with Crippen molar-refractivity contribution in [3.63, 3.8) is 0 Å². The quantitative estimate of drug-likeness (QED) is 0.0260. The van der Waals surface area contributed by atoms with E-state index in [1.165, 1.54) is 135 Å². The fraction of sp³-hybridized carbons (Fsp3) is 0.827. The Morgan fingerprint density at radius 2 is 0.883 bits per heavy atom. The van der Waals surface area contributed by atoms with Crippen molar-refractivity contribution in [2.24, 2.45) is 0 Å². The van der Waals surface area contributed by atoms with Gasteiger partial charge in [0.2, 0.25) is 0 Å². The number of allylic oxidation sites excluding steroid dienone is 6. The van der Waals surface area contributed by atoms with Gasteiger partial charge in [0.05, 0.1) is 40.3 Å². The van der Waals surface area contributed by atoms with Crippen molar-refractivity contribution in [2.75, 3.05) is 41.0 Å². The Labute approximate surface area is 370 Å². The third kappa shape index (κ3) is 40.9. The number of carboxylic acids is 1. The largest absolute Gasteiger partial charge is 0.544 e. The van der Waals surface area contributed by atoms with E-state index < -0.39 is 18.1 Å². The number of unbranched alkanes of at least 4 members (excludes halogenated alkanes) is 25. The summed E-state index contributed by atoms with van der Waals surface area (Å²) in [5.41, 5.74) is 0. The van der Waals surface area contributed by atoms with Gasteiger partial charge >= 0.3 is 11.9 Å². The number of rotatable bonds is 45. The van der Waals surface area contributed by atoms with E-state index in [2.05, 4.69) is 50.3 Å². The molecule has 0 aliphatic carbocycles. The normalized spacial score (nSPS) is 13.2. The molecule has 2 atom stereocenters. The molecule has 0 bridgehead atoms. The lowest BCUT2D eigenvalue weighted by Gasteiger charge is -2.34. The molecule has 8 heteroatoms. The summed E-state index contributed by atoms with van der Waals surface area (Å²) in [5.74, 6) is -1.74. The first kappa shape index (κ1) is 57.5. The van der Waals surface area contributed by atoms with Gasteiger partial charge in [-0.3, -0.25) is 9.59 Å². The van der Waals surface area contributed by atoms with Crippen LogP contribution in [-0.2, 0) is 28.6 Å². The topological polar surface area (TPSA) is 102 Å². The Balaban J connectivity index is 4.22. The highest BCUT2D eigenvalue weighted by Gasteiger charge is 2.25. The number of hydrogen-bond acceptors (Lipinski definition) is 7. The SMILES string of the molecule is CCCCCC/C=C\CCCCCCCC(=O)OCC(COCCC(C(=O)[O-])[N+](C)(C)C)OC(=O)CCCCCCCCCCCCC/C=C\C/C=C\CCCCCCC. The van der Waals surface area contributed by atoms with Crippen molar-refractivity contribution >= 4 is 17.9 Å². The van der Waals surface area contributed by atoms with Crippen molar-refractivity contribution in [3.05, 3.63) is 36.5 Å². The molecule has 8 nitrogen and oxygen atoms in total. The van der Waals surface area contributed by atoms with Crippen LogP contribution in [0.5, 0.6) is 0 Å². The number of carboxylic acid groups (broad SMARTS) is 1. The van der Waals surface area contributed by atoms with E-state index in [0.717, 1.165) is 57.8 Å². The van der Waals surface area contributed by atoms with Gasteiger partial charge in [-0.2, -0.15) is 0 Å². The molecule has 0 heterocycles. The molecule has 0 saturated carbocycles. The van der Waals surface area contributed by atoms with Gasteiger partial charge in [0.15, 0.2) is 6.10 Å². The zero-order valence-corrected chi connectivity index (χ0v) is 39.9. The Hall–Kier alpha value is -2.45. The van der Waals surface area contributed by atoms with Crippen LogP contribution in [-0.4, -0.2) is 75.5 Å². The zero-order valence-electron chi connectivity index (χ0n) is 39.9. The van der Waals surface area contributed by atoms with E-state index in [4.69, 9.17) is 14.2 Å². The molecule has 60 heavy (non-hydrogen) atoms. The van der Waals surface area contributed by atoms with Crippen molar-refractivity contribution < 1.29 is 38.2 Å². The molecule has 350 valence electrons. The monoisotopic (exact) mass is 846 g/mol. The molecule has 0 rings (SSSR count). The summed E-state index contributed by atoms with van der Waals surface area (Å²) >= 11 is 0. The molecule has 0 aliphatic heterocycles. The molecule has 0 saturated heterocycles. The standard InChI is InChI=1S/C52H95NO7/c1-6-8-10-12-14-16-18-20-21-22-23-24-25-26-27-28-29-31-33-35-37-39-41-43-51(55)60-48(46-58-45-44-49(52(56)57)53(3,4)5)47-59-50(54)42-40-38-36-34-32-30-19-17-15-13-11-9-7-2/h17-20,22-23,48-49H,6-16,21,24-47H2,1-5H3/b19-17-,20-18-,23-22-. The van der Waals surface area contributed by atoms with Crippen molar-refractivity contribution in [3.8, 4) is 0 Å². The van der Waals surface area contributed by atoms with Crippen LogP contribution in [0.25, 0.3) is 0 Å². The van der Waals surface area contributed by atoms with E-state index in [0.29, 0.717) is 12.8 Å². The number of aliphatic carboxylic acids is 1. The van der Waals surface area contributed by atoms with Crippen LogP contribution in [0, 0.1) is 0 Å².